The molecule has 1 fully saturated rings. The number of nitrogens with zero attached hydrogens (tertiary/aromatic N) is 1. The highest BCUT2D eigenvalue weighted by molar-refractivity contribution is 5.81. The number of carbonyl (C=O) groups excluding carboxylic acids is 1. The van der Waals surface area contributed by atoms with Crippen LogP contribution in [0.3, 0.4) is 0 Å². The number of rotatable bonds is 1. The number of hydrogen-bond donors (Lipinski definition) is 0. The Bertz CT molecular complexity index is 458. The van der Waals surface area contributed by atoms with Crippen LogP contribution in [0.4, 0.5) is 18.9 Å². The van der Waals surface area contributed by atoms with Crippen molar-refractivity contribution in [2.75, 3.05) is 18.0 Å². The first kappa shape index (κ1) is 12.9. The van der Waals surface area contributed by atoms with Gasteiger partial charge in [0.1, 0.15) is 5.78 Å². The molecule has 0 aliphatic carbocycles. The molecule has 0 unspecified atom stereocenters. The molecule has 1 aromatic rings. The van der Waals surface area contributed by atoms with Crippen molar-refractivity contribution in [1.82, 2.24) is 0 Å². The predicted molar refractivity (Wildman–Crippen MR) is 62.6 cm³/mol. The highest BCUT2D eigenvalue weighted by atomic mass is 19.4. The second kappa shape index (κ2) is 4.63. The maximum absolute atomic E-state index is 12.8. The van der Waals surface area contributed by atoms with E-state index in [4.69, 9.17) is 0 Å². The second-order valence-electron chi connectivity index (χ2n) is 4.52. The number of aryl methyl sites for hydroxylation is 1. The van der Waals surface area contributed by atoms with Crippen molar-refractivity contribution < 1.29 is 18.0 Å². The van der Waals surface area contributed by atoms with Crippen LogP contribution in [0.25, 0.3) is 0 Å². The van der Waals surface area contributed by atoms with Gasteiger partial charge in [0.15, 0.2) is 0 Å². The maximum Gasteiger partial charge on any atom is 0.416 e. The molecule has 0 N–H and O–H groups in total. The molecule has 18 heavy (non-hydrogen) atoms. The van der Waals surface area contributed by atoms with Gasteiger partial charge in [0.25, 0.3) is 0 Å². The molecular weight excluding hydrogens is 243 g/mol. The van der Waals surface area contributed by atoms with Crippen LogP contribution in [0.5, 0.6) is 0 Å². The summed E-state index contributed by atoms with van der Waals surface area (Å²) in [6, 6.07) is 4.33. The van der Waals surface area contributed by atoms with Crippen LogP contribution in [-0.4, -0.2) is 18.9 Å². The minimum Gasteiger partial charge on any atom is -0.371 e. The Kier molecular flexibility index (Phi) is 3.32. The van der Waals surface area contributed by atoms with Crippen molar-refractivity contribution in [2.24, 2.45) is 0 Å². The minimum atomic E-state index is -4.33. The average Bonchev–Trinajstić information content (AvgIpc) is 2.29. The monoisotopic (exact) mass is 257 g/mol. The lowest BCUT2D eigenvalue weighted by molar-refractivity contribution is -0.138. The minimum absolute atomic E-state index is 0.175. The Balaban J connectivity index is 2.27. The van der Waals surface area contributed by atoms with E-state index in [2.05, 4.69) is 0 Å². The molecule has 1 aliphatic heterocycles. The fraction of sp³-hybridized carbons (Fsp3) is 0.462. The molecule has 1 aliphatic rings. The van der Waals surface area contributed by atoms with E-state index >= 15 is 0 Å². The molecule has 0 aromatic heterocycles. The van der Waals surface area contributed by atoms with Crippen LogP contribution in [0.2, 0.25) is 0 Å². The third-order valence-corrected chi connectivity index (χ3v) is 3.21. The Morgan fingerprint density at radius 1 is 1.17 bits per heavy atom. The third-order valence-electron chi connectivity index (χ3n) is 3.21. The van der Waals surface area contributed by atoms with Gasteiger partial charge < -0.3 is 4.90 Å². The van der Waals surface area contributed by atoms with Gasteiger partial charge in [-0.3, -0.25) is 4.79 Å². The average molecular weight is 257 g/mol. The standard InChI is InChI=1S/C13H14F3NO/c1-9-2-3-10(8-12(9)13(14,15)16)17-6-4-11(18)5-7-17/h2-3,8H,4-7H2,1H3. The SMILES string of the molecule is Cc1ccc(N2CCC(=O)CC2)cc1C(F)(F)F. The normalized spacial score (nSPS) is 17.1. The summed E-state index contributed by atoms with van der Waals surface area (Å²) in [4.78, 5) is 12.9. The molecule has 2 rings (SSSR count). The second-order valence-corrected chi connectivity index (χ2v) is 4.52. The molecule has 2 nitrogen and oxygen atoms in total. The van der Waals surface area contributed by atoms with Gasteiger partial charge in [0, 0.05) is 31.6 Å². The van der Waals surface area contributed by atoms with Crippen molar-refractivity contribution in [3.05, 3.63) is 29.3 Å². The number of anilines is 1. The van der Waals surface area contributed by atoms with Gasteiger partial charge in [0.2, 0.25) is 0 Å². The van der Waals surface area contributed by atoms with E-state index in [1.54, 1.807) is 6.07 Å². The zero-order valence-electron chi connectivity index (χ0n) is 10.0. The van der Waals surface area contributed by atoms with Crippen molar-refractivity contribution in [1.29, 1.82) is 0 Å². The lowest BCUT2D eigenvalue weighted by atomic mass is 10.0. The van der Waals surface area contributed by atoms with Crippen molar-refractivity contribution in [2.45, 2.75) is 25.9 Å². The first-order valence-electron chi connectivity index (χ1n) is 5.82. The third kappa shape index (κ3) is 2.66. The molecule has 5 heteroatoms. The first-order valence-corrected chi connectivity index (χ1v) is 5.82. The molecule has 0 saturated carbocycles. The van der Waals surface area contributed by atoms with Crippen LogP contribution in [0.1, 0.15) is 24.0 Å². The Morgan fingerprint density at radius 3 is 2.33 bits per heavy atom. The number of piperidine rings is 1. The number of carbonyl (C=O) groups is 1. The summed E-state index contributed by atoms with van der Waals surface area (Å²) < 4.78 is 38.4. The summed E-state index contributed by atoms with van der Waals surface area (Å²) in [5.41, 5.74) is 0.164. The molecule has 0 radical (unpaired) electrons. The van der Waals surface area contributed by atoms with Gasteiger partial charge in [-0.2, -0.15) is 13.2 Å². The number of alkyl halides is 3. The number of Topliss-reactive ketones (excluding diaryl/α,β-unsaturated/α-hetero) is 1. The van der Waals surface area contributed by atoms with E-state index in [0.717, 1.165) is 0 Å². The Morgan fingerprint density at radius 2 is 1.78 bits per heavy atom. The number of hydrogen-bond acceptors (Lipinski definition) is 2. The van der Waals surface area contributed by atoms with E-state index < -0.39 is 11.7 Å². The first-order chi connectivity index (χ1) is 8.38. The Labute approximate surface area is 103 Å². The molecule has 0 atom stereocenters. The highest BCUT2D eigenvalue weighted by Gasteiger charge is 2.33. The van der Waals surface area contributed by atoms with E-state index in [0.29, 0.717) is 31.6 Å². The van der Waals surface area contributed by atoms with Crippen molar-refractivity contribution in [3.63, 3.8) is 0 Å². The Hall–Kier alpha value is -1.52. The van der Waals surface area contributed by atoms with Crippen molar-refractivity contribution in [3.8, 4) is 0 Å². The summed E-state index contributed by atoms with van der Waals surface area (Å²) in [5.74, 6) is 0.175. The van der Waals surface area contributed by atoms with Gasteiger partial charge in [-0.05, 0) is 24.6 Å². The van der Waals surface area contributed by atoms with Crippen LogP contribution >= 0.6 is 0 Å². The maximum atomic E-state index is 12.8. The van der Waals surface area contributed by atoms with E-state index in [9.17, 15) is 18.0 Å². The van der Waals surface area contributed by atoms with E-state index in [-0.39, 0.29) is 11.3 Å². The number of benzene rings is 1. The fourth-order valence-corrected chi connectivity index (χ4v) is 2.13. The van der Waals surface area contributed by atoms with Crippen LogP contribution in [0, 0.1) is 6.92 Å². The van der Waals surface area contributed by atoms with Crippen LogP contribution in [-0.2, 0) is 11.0 Å². The van der Waals surface area contributed by atoms with Gasteiger partial charge >= 0.3 is 6.18 Å². The van der Waals surface area contributed by atoms with E-state index in [1.807, 2.05) is 4.90 Å². The molecule has 0 amide bonds. The number of halogens is 3. The molecule has 1 aromatic carbocycles. The molecule has 1 heterocycles. The van der Waals surface area contributed by atoms with Gasteiger partial charge in [-0.15, -0.1) is 0 Å². The lowest BCUT2D eigenvalue weighted by Crippen LogP contribution is -2.33. The van der Waals surface area contributed by atoms with Crippen LogP contribution < -0.4 is 4.90 Å². The topological polar surface area (TPSA) is 20.3 Å². The molecular formula is C13H14F3NO. The highest BCUT2D eigenvalue weighted by Crippen LogP contribution is 2.34. The molecule has 1 saturated heterocycles. The quantitative estimate of drug-likeness (QED) is 0.770. The zero-order valence-corrected chi connectivity index (χ0v) is 10.0. The lowest BCUT2D eigenvalue weighted by Gasteiger charge is -2.29. The van der Waals surface area contributed by atoms with E-state index in [1.165, 1.54) is 19.1 Å². The summed E-state index contributed by atoms with van der Waals surface area (Å²) >= 11 is 0. The number of ketones is 1. The predicted octanol–water partition coefficient (Wildman–Crippen LogP) is 3.18. The fourth-order valence-electron chi connectivity index (χ4n) is 2.13. The summed E-state index contributed by atoms with van der Waals surface area (Å²) in [6.07, 6.45) is -3.50. The summed E-state index contributed by atoms with van der Waals surface area (Å²) in [6.45, 7) is 2.45. The largest absolute Gasteiger partial charge is 0.416 e. The van der Waals surface area contributed by atoms with Crippen molar-refractivity contribution >= 4 is 11.5 Å². The summed E-state index contributed by atoms with van der Waals surface area (Å²) in [7, 11) is 0. The van der Waals surface area contributed by atoms with Gasteiger partial charge in [-0.1, -0.05) is 6.07 Å². The molecule has 0 bridgehead atoms. The van der Waals surface area contributed by atoms with Gasteiger partial charge in [-0.25, -0.2) is 0 Å². The van der Waals surface area contributed by atoms with Gasteiger partial charge in [0.05, 0.1) is 5.56 Å². The summed E-state index contributed by atoms with van der Waals surface area (Å²) in [5, 5.41) is 0. The molecule has 0 spiro atoms. The zero-order chi connectivity index (χ0) is 13.3. The van der Waals surface area contributed by atoms with Crippen LogP contribution in [0.15, 0.2) is 18.2 Å². The molecule has 98 valence electrons. The smallest absolute Gasteiger partial charge is 0.371 e.